The average Bonchev–Trinajstić information content (AvgIpc) is 4.09. The van der Waals surface area contributed by atoms with Gasteiger partial charge in [-0.05, 0) is 137 Å². The van der Waals surface area contributed by atoms with Gasteiger partial charge < -0.3 is 4.90 Å². The fourth-order valence-electron chi connectivity index (χ4n) is 13.5. The van der Waals surface area contributed by atoms with Crippen molar-refractivity contribution in [3.05, 3.63) is 305 Å². The Morgan fingerprint density at radius 1 is 0.257 bits per heavy atom. The molecule has 0 heterocycles. The Morgan fingerprint density at radius 3 is 1.38 bits per heavy atom. The van der Waals surface area contributed by atoms with E-state index in [1.54, 1.807) is 0 Å². The molecule has 0 saturated heterocycles. The van der Waals surface area contributed by atoms with Crippen LogP contribution in [0.25, 0.3) is 66.8 Å². The van der Waals surface area contributed by atoms with Gasteiger partial charge in [0.05, 0.1) is 16.8 Å². The third-order valence-electron chi connectivity index (χ3n) is 17.0. The van der Waals surface area contributed by atoms with Crippen molar-refractivity contribution in [2.45, 2.75) is 43.9 Å². The number of nitrogens with zero attached hydrogens (tertiary/aromatic N) is 1. The summed E-state index contributed by atoms with van der Waals surface area (Å²) in [5.74, 6) is 0. The normalized spacial score (nSPS) is 14.5. The van der Waals surface area contributed by atoms with Gasteiger partial charge in [0.25, 0.3) is 0 Å². The van der Waals surface area contributed by atoms with Crippen LogP contribution in [-0.4, -0.2) is 0 Å². The molecule has 11 aromatic rings. The molecule has 0 radical (unpaired) electrons. The highest BCUT2D eigenvalue weighted by molar-refractivity contribution is 6.00. The van der Waals surface area contributed by atoms with E-state index in [0.717, 1.165) is 17.1 Å². The number of anilines is 3. The number of fused-ring (bicyclic) bond motifs is 9. The van der Waals surface area contributed by atoms with Gasteiger partial charge >= 0.3 is 0 Å². The summed E-state index contributed by atoms with van der Waals surface area (Å²) in [6.45, 7) is 9.49. The van der Waals surface area contributed by atoms with Crippen molar-refractivity contribution in [2.24, 2.45) is 0 Å². The quantitative estimate of drug-likeness (QED) is 0.147. The minimum Gasteiger partial charge on any atom is -0.309 e. The molecule has 3 aliphatic carbocycles. The molecule has 0 aliphatic heterocycles. The van der Waals surface area contributed by atoms with Gasteiger partial charge in [-0.2, -0.15) is 0 Å². The van der Waals surface area contributed by atoms with E-state index in [0.29, 0.717) is 0 Å². The van der Waals surface area contributed by atoms with E-state index in [9.17, 15) is 0 Å². The van der Waals surface area contributed by atoms with E-state index in [2.05, 4.69) is 293 Å². The molecule has 0 saturated carbocycles. The van der Waals surface area contributed by atoms with Crippen LogP contribution in [-0.2, 0) is 16.2 Å². The average molecular weight is 946 g/mol. The van der Waals surface area contributed by atoms with E-state index in [-0.39, 0.29) is 10.8 Å². The van der Waals surface area contributed by atoms with E-state index >= 15 is 0 Å². The summed E-state index contributed by atoms with van der Waals surface area (Å²) in [4.78, 5) is 2.51. The van der Waals surface area contributed by atoms with Crippen molar-refractivity contribution in [3.8, 4) is 66.8 Å². The second-order valence-electron chi connectivity index (χ2n) is 21.5. The highest BCUT2D eigenvalue weighted by Crippen LogP contribution is 2.58. The molecule has 0 atom stereocenters. The number of hydrogen-bond donors (Lipinski definition) is 0. The van der Waals surface area contributed by atoms with Crippen LogP contribution in [0.5, 0.6) is 0 Å². The first kappa shape index (κ1) is 44.0. The Kier molecular flexibility index (Phi) is 9.88. The van der Waals surface area contributed by atoms with Gasteiger partial charge in [-0.15, -0.1) is 0 Å². The van der Waals surface area contributed by atoms with Crippen LogP contribution in [0.3, 0.4) is 0 Å². The Labute approximate surface area is 435 Å². The first-order valence-electron chi connectivity index (χ1n) is 26.2. The lowest BCUT2D eigenvalue weighted by atomic mass is 9.67. The molecule has 1 nitrogen and oxygen atoms in total. The largest absolute Gasteiger partial charge is 0.309 e. The number of benzene rings is 11. The summed E-state index contributed by atoms with van der Waals surface area (Å²) >= 11 is 0. The van der Waals surface area contributed by atoms with Crippen LogP contribution < -0.4 is 4.90 Å². The minimum absolute atomic E-state index is 0.121. The topological polar surface area (TPSA) is 3.24 Å². The van der Waals surface area contributed by atoms with Crippen molar-refractivity contribution < 1.29 is 0 Å². The molecule has 352 valence electrons. The fourth-order valence-corrected chi connectivity index (χ4v) is 13.5. The number of hydrogen-bond acceptors (Lipinski definition) is 1. The number of rotatable bonds is 8. The molecule has 0 unspecified atom stereocenters. The zero-order chi connectivity index (χ0) is 49.8. The molecular weight excluding hydrogens is 891 g/mol. The Hall–Kier alpha value is -8.78. The van der Waals surface area contributed by atoms with E-state index in [1.807, 2.05) is 0 Å². The van der Waals surface area contributed by atoms with Crippen LogP contribution >= 0.6 is 0 Å². The first-order valence-corrected chi connectivity index (χ1v) is 26.2. The standard InChI is InChI=1S/C73H55N/c1-71(2)63-33-17-13-30-60(63)70-59(31-21-35-66(70)71)58-29-15-20-37-69(58)74(68-36-19-14-26-54(68)50-40-44-57-55-27-11-16-32-62(55)72(3,4)67(57)47-50)53-42-38-48(39-43-53)49-41-45-65-61(46-49)56-28-12-18-34-64(56)73(65,51-22-7-5-8-23-51)52-24-9-6-10-25-52/h5-47H,1-4H3. The molecular formula is C73H55N. The molecule has 0 spiro atoms. The maximum atomic E-state index is 2.51. The lowest BCUT2D eigenvalue weighted by Gasteiger charge is -2.33. The van der Waals surface area contributed by atoms with Crippen molar-refractivity contribution in [1.82, 2.24) is 0 Å². The Morgan fingerprint density at radius 2 is 0.703 bits per heavy atom. The van der Waals surface area contributed by atoms with Gasteiger partial charge in [-0.25, -0.2) is 0 Å². The predicted octanol–water partition coefficient (Wildman–Crippen LogP) is 19.1. The predicted molar refractivity (Wildman–Crippen MR) is 310 cm³/mol. The lowest BCUT2D eigenvalue weighted by Crippen LogP contribution is -2.28. The maximum Gasteiger partial charge on any atom is 0.0713 e. The molecule has 1 heteroatoms. The van der Waals surface area contributed by atoms with E-state index in [1.165, 1.54) is 111 Å². The summed E-state index contributed by atoms with van der Waals surface area (Å²) in [7, 11) is 0. The summed E-state index contributed by atoms with van der Waals surface area (Å²) in [5.41, 5.74) is 28.4. The van der Waals surface area contributed by atoms with Crippen LogP contribution in [0, 0.1) is 0 Å². The van der Waals surface area contributed by atoms with Gasteiger partial charge in [0.15, 0.2) is 0 Å². The number of para-hydroxylation sites is 2. The first-order chi connectivity index (χ1) is 36.2. The van der Waals surface area contributed by atoms with Crippen molar-refractivity contribution in [1.29, 1.82) is 0 Å². The van der Waals surface area contributed by atoms with Crippen molar-refractivity contribution in [2.75, 3.05) is 4.90 Å². The highest BCUT2D eigenvalue weighted by atomic mass is 15.1. The Bertz CT molecular complexity index is 3970. The van der Waals surface area contributed by atoms with Crippen LogP contribution in [0.4, 0.5) is 17.1 Å². The van der Waals surface area contributed by atoms with Gasteiger partial charge in [0.2, 0.25) is 0 Å². The summed E-state index contributed by atoms with van der Waals surface area (Å²) in [6.07, 6.45) is 0. The summed E-state index contributed by atoms with van der Waals surface area (Å²) in [6, 6.07) is 97.7. The van der Waals surface area contributed by atoms with Crippen molar-refractivity contribution in [3.63, 3.8) is 0 Å². The third-order valence-corrected chi connectivity index (χ3v) is 17.0. The van der Waals surface area contributed by atoms with Crippen LogP contribution in [0.2, 0.25) is 0 Å². The minimum atomic E-state index is -0.437. The molecule has 0 fully saturated rings. The molecule has 0 aromatic heterocycles. The zero-order valence-electron chi connectivity index (χ0n) is 42.3. The van der Waals surface area contributed by atoms with Gasteiger partial charge in [-0.3, -0.25) is 0 Å². The molecule has 11 aromatic carbocycles. The molecule has 14 rings (SSSR count). The Balaban J connectivity index is 0.940. The van der Waals surface area contributed by atoms with Crippen LogP contribution in [0.1, 0.15) is 72.2 Å². The van der Waals surface area contributed by atoms with Crippen LogP contribution in [0.15, 0.2) is 261 Å². The molecule has 0 N–H and O–H groups in total. The highest BCUT2D eigenvalue weighted by Gasteiger charge is 2.46. The zero-order valence-corrected chi connectivity index (χ0v) is 42.3. The van der Waals surface area contributed by atoms with Crippen molar-refractivity contribution >= 4 is 17.1 Å². The second kappa shape index (κ2) is 16.6. The van der Waals surface area contributed by atoms with Gasteiger partial charge in [-0.1, -0.05) is 252 Å². The summed E-state index contributed by atoms with van der Waals surface area (Å²) in [5, 5.41) is 0. The smallest absolute Gasteiger partial charge is 0.0713 e. The summed E-state index contributed by atoms with van der Waals surface area (Å²) < 4.78 is 0. The lowest BCUT2D eigenvalue weighted by molar-refractivity contribution is 0.660. The monoisotopic (exact) mass is 945 g/mol. The van der Waals surface area contributed by atoms with Gasteiger partial charge in [0.1, 0.15) is 0 Å². The molecule has 74 heavy (non-hydrogen) atoms. The maximum absolute atomic E-state index is 2.51. The fraction of sp³-hybridized carbons (Fsp3) is 0.0959. The SMILES string of the molecule is CC1(C)c2ccccc2-c2ccc(-c3ccccc3N(c3ccc(-c4ccc5c(c4)-c4ccccc4C5(c4ccccc4)c4ccccc4)cc3)c3ccccc3-c3cccc4c3-c3ccccc3C4(C)C)cc21. The second-order valence-corrected chi connectivity index (χ2v) is 21.5. The van der Waals surface area contributed by atoms with Gasteiger partial charge in [0, 0.05) is 27.6 Å². The molecule has 0 bridgehead atoms. The van der Waals surface area contributed by atoms with E-state index < -0.39 is 5.41 Å². The molecule has 3 aliphatic rings. The molecule has 0 amide bonds. The third kappa shape index (κ3) is 6.36. The van der Waals surface area contributed by atoms with E-state index in [4.69, 9.17) is 0 Å².